The van der Waals surface area contributed by atoms with Crippen LogP contribution in [0.3, 0.4) is 0 Å². The summed E-state index contributed by atoms with van der Waals surface area (Å²) in [7, 11) is 0. The Kier molecular flexibility index (Phi) is 17.7. The predicted octanol–water partition coefficient (Wildman–Crippen LogP) is 6.56. The molecule has 28 heavy (non-hydrogen) atoms. The molecule has 0 aliphatic rings. The summed E-state index contributed by atoms with van der Waals surface area (Å²) in [6.07, 6.45) is 16.3. The minimum atomic E-state index is -3.75. The first-order valence-corrected chi connectivity index (χ1v) is 12.9. The van der Waals surface area contributed by atoms with E-state index in [0.717, 1.165) is 25.2 Å². The normalized spacial score (nSPS) is 10.7. The summed E-state index contributed by atoms with van der Waals surface area (Å²) < 4.78 is 20.7. The van der Waals surface area contributed by atoms with Crippen LogP contribution in [0.25, 0.3) is 0 Å². The van der Waals surface area contributed by atoms with Gasteiger partial charge in [-0.3, -0.25) is 0 Å². The Balaban J connectivity index is 3.36. The summed E-state index contributed by atoms with van der Waals surface area (Å²) in [4.78, 5) is 22.7. The molecular formula is C22H40O5Ti. The second kappa shape index (κ2) is 18.2. The molecule has 0 atom stereocenters. The first-order chi connectivity index (χ1) is 13.3. The molecule has 0 saturated carbocycles. The smallest absolute Gasteiger partial charge is 0.0628 e. The van der Waals surface area contributed by atoms with Crippen molar-refractivity contribution >= 4 is 11.9 Å². The fraction of sp³-hybridized carbons (Fsp3) is 0.818. The van der Waals surface area contributed by atoms with E-state index >= 15 is 0 Å². The van der Waals surface area contributed by atoms with Crippen molar-refractivity contribution in [3.63, 3.8) is 0 Å². The molecule has 0 heterocycles. The van der Waals surface area contributed by atoms with Gasteiger partial charge in [-0.25, -0.2) is 0 Å². The van der Waals surface area contributed by atoms with Crippen molar-refractivity contribution in [1.82, 2.24) is 0 Å². The van der Waals surface area contributed by atoms with Crippen LogP contribution in [0, 0.1) is 5.92 Å². The van der Waals surface area contributed by atoms with Crippen LogP contribution in [0.1, 0.15) is 111 Å². The van der Waals surface area contributed by atoms with Gasteiger partial charge in [0.1, 0.15) is 0 Å². The molecule has 0 bridgehead atoms. The van der Waals surface area contributed by atoms with E-state index in [-0.39, 0.29) is 12.0 Å². The van der Waals surface area contributed by atoms with Crippen LogP contribution in [-0.2, 0) is 38.2 Å². The SMILES string of the molecule is C=C(C)C(=O)[O][Ti](=[O])[O]C(=O)CCCCCCCCCCCCCCC(C)C. The van der Waals surface area contributed by atoms with Crippen molar-refractivity contribution in [2.75, 3.05) is 0 Å². The number of rotatable bonds is 18. The summed E-state index contributed by atoms with van der Waals surface area (Å²) in [6, 6.07) is 0. The van der Waals surface area contributed by atoms with Crippen molar-refractivity contribution in [2.45, 2.75) is 111 Å². The van der Waals surface area contributed by atoms with Crippen LogP contribution in [0.15, 0.2) is 12.2 Å². The van der Waals surface area contributed by atoms with Crippen LogP contribution < -0.4 is 0 Å². The molecule has 0 aromatic rings. The summed E-state index contributed by atoms with van der Waals surface area (Å²) in [5.41, 5.74) is 0.138. The van der Waals surface area contributed by atoms with Crippen molar-refractivity contribution in [3.8, 4) is 0 Å². The third kappa shape index (κ3) is 18.6. The minimum absolute atomic E-state index is 0.138. The molecular weight excluding hydrogens is 392 g/mol. The van der Waals surface area contributed by atoms with Gasteiger partial charge in [-0.1, -0.05) is 39.5 Å². The van der Waals surface area contributed by atoms with E-state index in [4.69, 9.17) is 0 Å². The monoisotopic (exact) mass is 432 g/mol. The molecule has 0 aliphatic heterocycles. The Labute approximate surface area is 178 Å². The molecule has 5 nitrogen and oxygen atoms in total. The molecule has 0 N–H and O–H groups in total. The van der Waals surface area contributed by atoms with E-state index < -0.39 is 30.6 Å². The van der Waals surface area contributed by atoms with Gasteiger partial charge in [0.05, 0.1) is 0 Å². The van der Waals surface area contributed by atoms with Gasteiger partial charge in [0, 0.05) is 0 Å². The molecule has 0 aliphatic carbocycles. The number of carbonyl (C=O) groups excluding carboxylic acids is 2. The molecule has 0 fully saturated rings. The van der Waals surface area contributed by atoms with E-state index in [1.54, 1.807) is 0 Å². The fourth-order valence-electron chi connectivity index (χ4n) is 2.92. The Bertz CT molecular complexity index is 474. The number of hydrogen-bond acceptors (Lipinski definition) is 5. The topological polar surface area (TPSA) is 69.7 Å². The van der Waals surface area contributed by atoms with Crippen LogP contribution in [0.4, 0.5) is 0 Å². The Morgan fingerprint density at radius 1 is 0.786 bits per heavy atom. The summed E-state index contributed by atoms with van der Waals surface area (Å²) >= 11 is -3.75. The van der Waals surface area contributed by atoms with Crippen LogP contribution in [0.2, 0.25) is 0 Å². The average molecular weight is 432 g/mol. The van der Waals surface area contributed by atoms with Crippen LogP contribution >= 0.6 is 0 Å². The Morgan fingerprint density at radius 2 is 1.21 bits per heavy atom. The summed E-state index contributed by atoms with van der Waals surface area (Å²) in [5.74, 6) is -0.486. The third-order valence-corrected chi connectivity index (χ3v) is 5.80. The van der Waals surface area contributed by atoms with Gasteiger partial charge in [-0.05, 0) is 5.92 Å². The van der Waals surface area contributed by atoms with Gasteiger partial charge in [0.15, 0.2) is 0 Å². The predicted molar refractivity (Wildman–Crippen MR) is 107 cm³/mol. The van der Waals surface area contributed by atoms with E-state index in [9.17, 15) is 12.9 Å². The van der Waals surface area contributed by atoms with E-state index in [0.29, 0.717) is 0 Å². The Hall–Kier alpha value is -0.806. The molecule has 0 radical (unpaired) electrons. The molecule has 162 valence electrons. The van der Waals surface area contributed by atoms with Crippen molar-refractivity contribution in [2.24, 2.45) is 5.92 Å². The first kappa shape index (κ1) is 27.2. The zero-order chi connectivity index (χ0) is 21.2. The molecule has 0 unspecified atom stereocenters. The maximum absolute atomic E-state index is 11.5. The number of hydrogen-bond donors (Lipinski definition) is 0. The van der Waals surface area contributed by atoms with E-state index in [2.05, 4.69) is 27.1 Å². The summed E-state index contributed by atoms with van der Waals surface area (Å²) in [5, 5.41) is 0. The first-order valence-electron chi connectivity index (χ1n) is 10.9. The molecule has 0 saturated heterocycles. The molecule has 0 rings (SSSR count). The van der Waals surface area contributed by atoms with Crippen molar-refractivity contribution in [1.29, 1.82) is 0 Å². The van der Waals surface area contributed by atoms with E-state index in [1.165, 1.54) is 71.1 Å². The zero-order valence-corrected chi connectivity index (χ0v) is 19.8. The fourth-order valence-corrected chi connectivity index (χ4v) is 3.94. The van der Waals surface area contributed by atoms with Gasteiger partial charge in [-0.15, -0.1) is 0 Å². The summed E-state index contributed by atoms with van der Waals surface area (Å²) in [6.45, 7) is 9.41. The van der Waals surface area contributed by atoms with Crippen molar-refractivity contribution < 1.29 is 38.2 Å². The van der Waals surface area contributed by atoms with Gasteiger partial charge < -0.3 is 0 Å². The second-order valence-electron chi connectivity index (χ2n) is 8.07. The van der Waals surface area contributed by atoms with Crippen LogP contribution in [-0.4, -0.2) is 11.9 Å². The van der Waals surface area contributed by atoms with Gasteiger partial charge in [0.2, 0.25) is 0 Å². The third-order valence-electron chi connectivity index (χ3n) is 4.63. The molecule has 6 heteroatoms. The number of carbonyl (C=O) groups is 2. The maximum atomic E-state index is 11.5. The molecule has 0 amide bonds. The van der Waals surface area contributed by atoms with E-state index in [1.807, 2.05) is 0 Å². The van der Waals surface area contributed by atoms with Crippen molar-refractivity contribution in [3.05, 3.63) is 12.2 Å². The number of unbranched alkanes of at least 4 members (excludes halogenated alkanes) is 11. The Morgan fingerprint density at radius 3 is 1.64 bits per heavy atom. The molecule has 0 spiro atoms. The standard InChI is InChI=1S/C18H36O2.C4H6O2.O.Ti/c1-17(2)15-13-11-9-7-5-3-4-6-8-10-12-14-16-18(19)20;1-3(2)4(5)6;;/h17H,3-16H2,1-2H3,(H,19,20);1H2,2H3,(H,5,6);;/q;;;+2/p-2. The van der Waals surface area contributed by atoms with Gasteiger partial charge in [0.25, 0.3) is 0 Å². The second-order valence-corrected chi connectivity index (χ2v) is 9.49. The molecule has 0 aromatic heterocycles. The van der Waals surface area contributed by atoms with Crippen LogP contribution in [0.5, 0.6) is 0 Å². The minimum Gasteiger partial charge on any atom is -0.0628 e. The molecule has 0 aromatic carbocycles. The van der Waals surface area contributed by atoms with Gasteiger partial charge >= 0.3 is 133 Å². The van der Waals surface area contributed by atoms with Gasteiger partial charge in [-0.2, -0.15) is 0 Å². The zero-order valence-electron chi connectivity index (χ0n) is 18.2. The quantitative estimate of drug-likeness (QED) is 0.139. The average Bonchev–Trinajstić information content (AvgIpc) is 2.61.